The number of halogens is 3. The molecule has 0 aliphatic carbocycles. The Morgan fingerprint density at radius 1 is 1.50 bits per heavy atom. The van der Waals surface area contributed by atoms with E-state index in [1.54, 1.807) is 0 Å². The Morgan fingerprint density at radius 2 is 2.17 bits per heavy atom. The molecule has 1 N–H and O–H groups in total. The fourth-order valence-corrected chi connectivity index (χ4v) is 1.60. The molecule has 0 aliphatic heterocycles. The van der Waals surface area contributed by atoms with Crippen LogP contribution in [0.4, 0.5) is 13.2 Å². The molecule has 18 heavy (non-hydrogen) atoms. The molecule has 2 aromatic rings. The first kappa shape index (κ1) is 12.2. The first-order chi connectivity index (χ1) is 8.36. The molecule has 0 amide bonds. The molecule has 0 aromatic carbocycles. The van der Waals surface area contributed by atoms with Crippen molar-refractivity contribution in [2.45, 2.75) is 6.18 Å². The number of ether oxygens (including phenoxy) is 1. The van der Waals surface area contributed by atoms with Crippen LogP contribution in [0.15, 0.2) is 18.3 Å². The monoisotopic (exact) mass is 260 g/mol. The lowest BCUT2D eigenvalue weighted by molar-refractivity contribution is -0.141. The number of nitrogens with zero attached hydrogens (tertiary/aromatic N) is 2. The molecule has 0 saturated heterocycles. The van der Waals surface area contributed by atoms with Crippen molar-refractivity contribution < 1.29 is 27.8 Å². The zero-order chi connectivity index (χ0) is 13.5. The Balaban J connectivity index is 2.87. The molecule has 0 unspecified atom stereocenters. The number of hydrogen-bond donors (Lipinski definition) is 1. The summed E-state index contributed by atoms with van der Waals surface area (Å²) in [4.78, 5) is 14.2. The average Bonchev–Trinajstić information content (AvgIpc) is 2.67. The zero-order valence-corrected chi connectivity index (χ0v) is 9.02. The third-order valence-electron chi connectivity index (χ3n) is 2.31. The largest absolute Gasteiger partial charge is 0.493 e. The molecule has 0 radical (unpaired) electrons. The van der Waals surface area contributed by atoms with Gasteiger partial charge < -0.3 is 9.84 Å². The van der Waals surface area contributed by atoms with Gasteiger partial charge in [-0.25, -0.2) is 9.78 Å². The average molecular weight is 260 g/mol. The van der Waals surface area contributed by atoms with Gasteiger partial charge in [-0.05, 0) is 12.1 Å². The van der Waals surface area contributed by atoms with E-state index in [9.17, 15) is 18.0 Å². The molecule has 2 aromatic heterocycles. The molecule has 0 spiro atoms. The summed E-state index contributed by atoms with van der Waals surface area (Å²) in [5.74, 6) is -1.64. The Kier molecular flexibility index (Phi) is 2.64. The van der Waals surface area contributed by atoms with Gasteiger partial charge in [-0.1, -0.05) is 0 Å². The number of carboxylic acids is 1. The maximum atomic E-state index is 12.7. The van der Waals surface area contributed by atoms with Crippen LogP contribution in [-0.2, 0) is 6.18 Å². The number of aromatic carboxylic acids is 1. The van der Waals surface area contributed by atoms with Crippen LogP contribution in [-0.4, -0.2) is 27.6 Å². The minimum atomic E-state index is -4.84. The van der Waals surface area contributed by atoms with Crippen molar-refractivity contribution in [1.29, 1.82) is 0 Å². The highest BCUT2D eigenvalue weighted by atomic mass is 19.4. The first-order valence-electron chi connectivity index (χ1n) is 4.72. The third kappa shape index (κ3) is 1.75. The smallest absolute Gasteiger partial charge is 0.435 e. The Bertz CT molecular complexity index is 619. The van der Waals surface area contributed by atoms with Crippen molar-refractivity contribution >= 4 is 11.6 Å². The van der Waals surface area contributed by atoms with E-state index in [2.05, 4.69) is 4.98 Å². The van der Waals surface area contributed by atoms with Crippen molar-refractivity contribution in [3.8, 4) is 5.75 Å². The number of hydrogen-bond acceptors (Lipinski definition) is 3. The first-order valence-corrected chi connectivity index (χ1v) is 4.72. The predicted molar refractivity (Wildman–Crippen MR) is 53.7 cm³/mol. The van der Waals surface area contributed by atoms with Crippen LogP contribution in [0.5, 0.6) is 5.75 Å². The fourth-order valence-electron chi connectivity index (χ4n) is 1.60. The Morgan fingerprint density at radius 3 is 2.67 bits per heavy atom. The SMILES string of the molecule is COc1cccn2c(C(=O)O)c(C(F)(F)F)nc12. The molecule has 0 bridgehead atoms. The highest BCUT2D eigenvalue weighted by Gasteiger charge is 2.40. The highest BCUT2D eigenvalue weighted by molar-refractivity contribution is 5.89. The lowest BCUT2D eigenvalue weighted by Gasteiger charge is -2.03. The summed E-state index contributed by atoms with van der Waals surface area (Å²) in [5.41, 5.74) is -2.57. The molecular weight excluding hydrogens is 253 g/mol. The lowest BCUT2D eigenvalue weighted by atomic mass is 10.3. The summed E-state index contributed by atoms with van der Waals surface area (Å²) in [6.07, 6.45) is -3.66. The van der Waals surface area contributed by atoms with Crippen molar-refractivity contribution in [2.75, 3.05) is 7.11 Å². The number of alkyl halides is 3. The molecule has 0 fully saturated rings. The third-order valence-corrected chi connectivity index (χ3v) is 2.31. The second-order valence-electron chi connectivity index (χ2n) is 3.38. The lowest BCUT2D eigenvalue weighted by Crippen LogP contribution is -2.13. The molecule has 2 rings (SSSR count). The summed E-state index contributed by atoms with van der Waals surface area (Å²) in [6.45, 7) is 0. The van der Waals surface area contributed by atoms with Crippen molar-refractivity contribution in [1.82, 2.24) is 9.38 Å². The topological polar surface area (TPSA) is 63.8 Å². The van der Waals surface area contributed by atoms with Crippen LogP contribution in [0, 0.1) is 0 Å². The van der Waals surface area contributed by atoms with Gasteiger partial charge in [0.25, 0.3) is 0 Å². The number of fused-ring (bicyclic) bond motifs is 1. The van der Waals surface area contributed by atoms with Crippen molar-refractivity contribution in [3.05, 3.63) is 29.7 Å². The maximum absolute atomic E-state index is 12.7. The highest BCUT2D eigenvalue weighted by Crippen LogP contribution is 2.33. The van der Waals surface area contributed by atoms with Crippen molar-refractivity contribution in [2.24, 2.45) is 0 Å². The second kappa shape index (κ2) is 3.90. The minimum Gasteiger partial charge on any atom is -0.493 e. The van der Waals surface area contributed by atoms with Crippen LogP contribution in [0.3, 0.4) is 0 Å². The van der Waals surface area contributed by atoms with E-state index in [0.29, 0.717) is 0 Å². The minimum absolute atomic E-state index is 0.0653. The van der Waals surface area contributed by atoms with Gasteiger partial charge in [0.15, 0.2) is 22.8 Å². The Labute approximate surface area is 98.4 Å². The second-order valence-corrected chi connectivity index (χ2v) is 3.38. The van der Waals surface area contributed by atoms with E-state index in [4.69, 9.17) is 9.84 Å². The van der Waals surface area contributed by atoms with Gasteiger partial charge in [0.05, 0.1) is 7.11 Å². The van der Waals surface area contributed by atoms with Crippen LogP contribution in [0.25, 0.3) is 5.65 Å². The fraction of sp³-hybridized carbons (Fsp3) is 0.200. The predicted octanol–water partition coefficient (Wildman–Crippen LogP) is 2.06. The molecule has 8 heteroatoms. The van der Waals surface area contributed by atoms with Gasteiger partial charge in [-0.2, -0.15) is 13.2 Å². The maximum Gasteiger partial charge on any atom is 0.435 e. The quantitative estimate of drug-likeness (QED) is 0.897. The summed E-state index contributed by atoms with van der Waals surface area (Å²) < 4.78 is 43.8. The van der Waals surface area contributed by atoms with Gasteiger partial charge in [0.2, 0.25) is 0 Å². The summed E-state index contributed by atoms with van der Waals surface area (Å²) in [5, 5.41) is 8.88. The molecule has 0 atom stereocenters. The van der Waals surface area contributed by atoms with Gasteiger partial charge in [-0.3, -0.25) is 4.40 Å². The number of methoxy groups -OCH3 is 1. The van der Waals surface area contributed by atoms with Gasteiger partial charge in [0, 0.05) is 6.20 Å². The number of carbonyl (C=O) groups is 1. The van der Waals surface area contributed by atoms with E-state index in [-0.39, 0.29) is 11.4 Å². The van der Waals surface area contributed by atoms with E-state index < -0.39 is 23.5 Å². The number of pyridine rings is 1. The van der Waals surface area contributed by atoms with Gasteiger partial charge in [-0.15, -0.1) is 0 Å². The van der Waals surface area contributed by atoms with E-state index in [0.717, 1.165) is 4.40 Å². The molecule has 96 valence electrons. The number of rotatable bonds is 2. The van der Waals surface area contributed by atoms with Crippen LogP contribution in [0.2, 0.25) is 0 Å². The Hall–Kier alpha value is -2.25. The van der Waals surface area contributed by atoms with Gasteiger partial charge >= 0.3 is 12.1 Å². The van der Waals surface area contributed by atoms with Gasteiger partial charge in [0.1, 0.15) is 0 Å². The van der Waals surface area contributed by atoms with Crippen LogP contribution in [0.1, 0.15) is 16.2 Å². The number of aromatic nitrogens is 2. The summed E-state index contributed by atoms with van der Waals surface area (Å²) >= 11 is 0. The molecular formula is C10H7F3N2O3. The summed E-state index contributed by atoms with van der Waals surface area (Å²) in [6, 6.07) is 2.77. The normalized spacial score (nSPS) is 11.8. The molecule has 2 heterocycles. The zero-order valence-electron chi connectivity index (χ0n) is 9.02. The standard InChI is InChI=1S/C10H7F3N2O3/c1-18-5-3-2-4-15-6(9(16)17)7(10(11,12)13)14-8(5)15/h2-4H,1H3,(H,16,17). The van der Waals surface area contributed by atoms with Crippen molar-refractivity contribution in [3.63, 3.8) is 0 Å². The van der Waals surface area contributed by atoms with E-state index >= 15 is 0 Å². The molecule has 0 aliphatic rings. The summed E-state index contributed by atoms with van der Waals surface area (Å²) in [7, 11) is 1.26. The van der Waals surface area contributed by atoms with Crippen LogP contribution >= 0.6 is 0 Å². The van der Waals surface area contributed by atoms with E-state index in [1.165, 1.54) is 25.4 Å². The molecule has 5 nitrogen and oxygen atoms in total. The number of carboxylic acid groups (broad SMARTS) is 1. The molecule has 0 saturated carbocycles. The number of imidazole rings is 1. The van der Waals surface area contributed by atoms with Crippen LogP contribution < -0.4 is 4.74 Å². The van der Waals surface area contributed by atoms with E-state index in [1.807, 2.05) is 0 Å².